The standard InChI is InChI=1S/C16H20N4O3/c1-11-6-8-19(9-7-11)16(21)5-4-15-17-13-3-2-12(20(22)23)10-14(13)18-15/h2-3,10-11H,4-9H2,1H3,(H,17,18). The van der Waals surface area contributed by atoms with Crippen molar-refractivity contribution in [1.29, 1.82) is 0 Å². The van der Waals surface area contributed by atoms with E-state index in [1.54, 1.807) is 6.07 Å². The van der Waals surface area contributed by atoms with Crippen molar-refractivity contribution in [1.82, 2.24) is 14.9 Å². The number of carbonyl (C=O) groups excluding carboxylic acids is 1. The number of non-ortho nitro benzene ring substituents is 1. The second-order valence-electron chi connectivity index (χ2n) is 6.21. The maximum atomic E-state index is 12.2. The largest absolute Gasteiger partial charge is 0.343 e. The van der Waals surface area contributed by atoms with Crippen LogP contribution in [-0.2, 0) is 11.2 Å². The molecule has 122 valence electrons. The molecule has 0 radical (unpaired) electrons. The van der Waals surface area contributed by atoms with E-state index >= 15 is 0 Å². The summed E-state index contributed by atoms with van der Waals surface area (Å²) in [4.78, 5) is 32.0. The molecule has 23 heavy (non-hydrogen) atoms. The molecule has 7 heteroatoms. The summed E-state index contributed by atoms with van der Waals surface area (Å²) in [5.41, 5.74) is 1.35. The number of nitrogens with zero attached hydrogens (tertiary/aromatic N) is 3. The molecule has 0 aliphatic carbocycles. The Labute approximate surface area is 133 Å². The van der Waals surface area contributed by atoms with Gasteiger partial charge in [0, 0.05) is 38.1 Å². The molecular weight excluding hydrogens is 296 g/mol. The molecule has 3 rings (SSSR count). The summed E-state index contributed by atoms with van der Waals surface area (Å²) in [6, 6.07) is 4.54. The minimum absolute atomic E-state index is 0.0335. The van der Waals surface area contributed by atoms with Crippen LogP contribution in [0.25, 0.3) is 11.0 Å². The van der Waals surface area contributed by atoms with Gasteiger partial charge in [0.1, 0.15) is 5.82 Å². The summed E-state index contributed by atoms with van der Waals surface area (Å²) in [6.45, 7) is 3.90. The van der Waals surface area contributed by atoms with Gasteiger partial charge in [-0.1, -0.05) is 6.92 Å². The average molecular weight is 316 g/mol. The van der Waals surface area contributed by atoms with Gasteiger partial charge in [-0.2, -0.15) is 0 Å². The highest BCUT2D eigenvalue weighted by Crippen LogP contribution is 2.20. The maximum absolute atomic E-state index is 12.2. The summed E-state index contributed by atoms with van der Waals surface area (Å²) in [6.07, 6.45) is 3.07. The van der Waals surface area contributed by atoms with Crippen LogP contribution < -0.4 is 0 Å². The lowest BCUT2D eigenvalue weighted by atomic mass is 9.99. The molecule has 2 aromatic rings. The number of amides is 1. The van der Waals surface area contributed by atoms with Crippen molar-refractivity contribution in [3.05, 3.63) is 34.1 Å². The van der Waals surface area contributed by atoms with Crippen LogP contribution in [0.3, 0.4) is 0 Å². The van der Waals surface area contributed by atoms with Crippen molar-refractivity contribution >= 4 is 22.6 Å². The Morgan fingerprint density at radius 3 is 2.87 bits per heavy atom. The number of benzene rings is 1. The summed E-state index contributed by atoms with van der Waals surface area (Å²) in [5.74, 6) is 1.55. The fourth-order valence-electron chi connectivity index (χ4n) is 2.92. The molecule has 0 spiro atoms. The third-order valence-electron chi connectivity index (χ3n) is 4.44. The number of aryl methyl sites for hydroxylation is 1. The zero-order valence-corrected chi connectivity index (χ0v) is 13.1. The minimum Gasteiger partial charge on any atom is -0.343 e. The molecule has 1 aliphatic heterocycles. The van der Waals surface area contributed by atoms with Gasteiger partial charge in [-0.15, -0.1) is 0 Å². The fraction of sp³-hybridized carbons (Fsp3) is 0.500. The minimum atomic E-state index is -0.430. The Balaban J connectivity index is 1.63. The van der Waals surface area contributed by atoms with Gasteiger partial charge < -0.3 is 9.88 Å². The molecule has 1 saturated heterocycles. The van der Waals surface area contributed by atoms with E-state index in [1.165, 1.54) is 12.1 Å². The Kier molecular flexibility index (Phi) is 4.27. The van der Waals surface area contributed by atoms with E-state index in [1.807, 2.05) is 4.90 Å². The molecule has 0 unspecified atom stereocenters. The summed E-state index contributed by atoms with van der Waals surface area (Å²) in [7, 11) is 0. The number of hydrogen-bond acceptors (Lipinski definition) is 4. The zero-order valence-electron chi connectivity index (χ0n) is 13.1. The van der Waals surface area contributed by atoms with E-state index in [0.717, 1.165) is 25.9 Å². The highest BCUT2D eigenvalue weighted by atomic mass is 16.6. The number of carbonyl (C=O) groups is 1. The Bertz CT molecular complexity index is 732. The van der Waals surface area contributed by atoms with Crippen molar-refractivity contribution in [2.45, 2.75) is 32.6 Å². The highest BCUT2D eigenvalue weighted by molar-refractivity contribution is 5.79. The Morgan fingerprint density at radius 1 is 1.43 bits per heavy atom. The Hall–Kier alpha value is -2.44. The number of piperidine rings is 1. The van der Waals surface area contributed by atoms with E-state index in [0.29, 0.717) is 35.6 Å². The summed E-state index contributed by atoms with van der Waals surface area (Å²) in [5, 5.41) is 10.8. The molecule has 0 atom stereocenters. The smallest absolute Gasteiger partial charge is 0.271 e. The Morgan fingerprint density at radius 2 is 2.17 bits per heavy atom. The molecule has 0 bridgehead atoms. The number of aromatic amines is 1. The predicted molar refractivity (Wildman–Crippen MR) is 86.0 cm³/mol. The average Bonchev–Trinajstić information content (AvgIpc) is 2.95. The monoisotopic (exact) mass is 316 g/mol. The summed E-state index contributed by atoms with van der Waals surface area (Å²) >= 11 is 0. The first kappa shape index (κ1) is 15.5. The number of aromatic nitrogens is 2. The quantitative estimate of drug-likeness (QED) is 0.693. The van der Waals surface area contributed by atoms with E-state index in [9.17, 15) is 14.9 Å². The number of fused-ring (bicyclic) bond motifs is 1. The van der Waals surface area contributed by atoms with Gasteiger partial charge in [0.2, 0.25) is 5.91 Å². The van der Waals surface area contributed by atoms with Crippen LogP contribution in [0.2, 0.25) is 0 Å². The van der Waals surface area contributed by atoms with Crippen molar-refractivity contribution in [2.24, 2.45) is 5.92 Å². The molecule has 7 nitrogen and oxygen atoms in total. The van der Waals surface area contributed by atoms with E-state index in [-0.39, 0.29) is 11.6 Å². The SMILES string of the molecule is CC1CCN(C(=O)CCc2nc3ccc([N+](=O)[O-])cc3[nH]2)CC1. The molecule has 2 heterocycles. The van der Waals surface area contributed by atoms with Gasteiger partial charge in [0.25, 0.3) is 5.69 Å². The van der Waals surface area contributed by atoms with Gasteiger partial charge >= 0.3 is 0 Å². The third kappa shape index (κ3) is 3.49. The fourth-order valence-corrected chi connectivity index (χ4v) is 2.92. The van der Waals surface area contributed by atoms with E-state index in [4.69, 9.17) is 0 Å². The summed E-state index contributed by atoms with van der Waals surface area (Å²) < 4.78 is 0. The molecular formula is C16H20N4O3. The first-order valence-electron chi connectivity index (χ1n) is 7.94. The van der Waals surface area contributed by atoms with Crippen LogP contribution in [0.1, 0.15) is 32.0 Å². The topological polar surface area (TPSA) is 92.1 Å². The number of nitrogens with one attached hydrogen (secondary N) is 1. The third-order valence-corrected chi connectivity index (χ3v) is 4.44. The zero-order chi connectivity index (χ0) is 16.4. The van der Waals surface area contributed by atoms with Gasteiger partial charge in [0.05, 0.1) is 16.0 Å². The van der Waals surface area contributed by atoms with Gasteiger partial charge in [-0.05, 0) is 24.8 Å². The number of rotatable bonds is 4. The van der Waals surface area contributed by atoms with Crippen LogP contribution >= 0.6 is 0 Å². The lowest BCUT2D eigenvalue weighted by Gasteiger charge is -2.30. The van der Waals surface area contributed by atoms with Crippen LogP contribution in [0.5, 0.6) is 0 Å². The molecule has 1 amide bonds. The normalized spacial score (nSPS) is 16.0. The number of likely N-dealkylation sites (tertiary alicyclic amines) is 1. The number of nitro benzene ring substituents is 1. The molecule has 1 N–H and O–H groups in total. The van der Waals surface area contributed by atoms with Gasteiger partial charge in [0.15, 0.2) is 0 Å². The highest BCUT2D eigenvalue weighted by Gasteiger charge is 2.20. The van der Waals surface area contributed by atoms with Gasteiger partial charge in [-0.3, -0.25) is 14.9 Å². The second-order valence-corrected chi connectivity index (χ2v) is 6.21. The van der Waals surface area contributed by atoms with Crippen LogP contribution in [-0.4, -0.2) is 38.8 Å². The molecule has 1 fully saturated rings. The maximum Gasteiger partial charge on any atom is 0.271 e. The molecule has 0 saturated carbocycles. The number of nitro groups is 1. The van der Waals surface area contributed by atoms with Crippen molar-refractivity contribution in [2.75, 3.05) is 13.1 Å². The lowest BCUT2D eigenvalue weighted by Crippen LogP contribution is -2.38. The van der Waals surface area contributed by atoms with E-state index in [2.05, 4.69) is 16.9 Å². The molecule has 1 aliphatic rings. The number of hydrogen-bond donors (Lipinski definition) is 1. The lowest BCUT2D eigenvalue weighted by molar-refractivity contribution is -0.384. The van der Waals surface area contributed by atoms with Crippen LogP contribution in [0.15, 0.2) is 18.2 Å². The number of imidazole rings is 1. The van der Waals surface area contributed by atoms with E-state index < -0.39 is 4.92 Å². The van der Waals surface area contributed by atoms with Crippen molar-refractivity contribution in [3.8, 4) is 0 Å². The predicted octanol–water partition coefficient (Wildman–Crippen LogP) is 2.66. The first-order chi connectivity index (χ1) is 11.0. The van der Waals surface area contributed by atoms with Crippen LogP contribution in [0, 0.1) is 16.0 Å². The van der Waals surface area contributed by atoms with Gasteiger partial charge in [-0.25, -0.2) is 4.98 Å². The van der Waals surface area contributed by atoms with Crippen molar-refractivity contribution < 1.29 is 9.72 Å². The molecule has 1 aromatic heterocycles. The van der Waals surface area contributed by atoms with Crippen LogP contribution in [0.4, 0.5) is 5.69 Å². The second kappa shape index (κ2) is 6.36. The first-order valence-corrected chi connectivity index (χ1v) is 7.94. The number of H-pyrrole nitrogens is 1. The molecule has 1 aromatic carbocycles. The van der Waals surface area contributed by atoms with Crippen molar-refractivity contribution in [3.63, 3.8) is 0 Å².